The number of anilines is 1. The summed E-state index contributed by atoms with van der Waals surface area (Å²) in [7, 11) is 3.58. The smallest absolute Gasteiger partial charge is 0.387 e. The maximum absolute atomic E-state index is 12.4. The van der Waals surface area contributed by atoms with Gasteiger partial charge in [0, 0.05) is 33.7 Å². The number of carbonyl (C=O) groups excluding carboxylic acids is 1. The molecule has 8 nitrogen and oxygen atoms in total. The Morgan fingerprint density at radius 2 is 1.97 bits per heavy atom. The zero-order valence-corrected chi connectivity index (χ0v) is 17.1. The van der Waals surface area contributed by atoms with Crippen LogP contribution in [0.25, 0.3) is 0 Å². The molecule has 0 atom stereocenters. The van der Waals surface area contributed by atoms with Crippen LogP contribution >= 0.6 is 11.8 Å². The predicted molar refractivity (Wildman–Crippen MR) is 104 cm³/mol. The van der Waals surface area contributed by atoms with Crippen LogP contribution in [0.2, 0.25) is 0 Å². The summed E-state index contributed by atoms with van der Waals surface area (Å²) in [5.74, 6) is 1.01. The van der Waals surface area contributed by atoms with Crippen LogP contribution in [0.4, 0.5) is 14.7 Å². The minimum absolute atomic E-state index is 0.0705. The lowest BCUT2D eigenvalue weighted by atomic mass is 10.2. The van der Waals surface area contributed by atoms with Crippen LogP contribution in [0.15, 0.2) is 29.4 Å². The van der Waals surface area contributed by atoms with Crippen molar-refractivity contribution in [3.05, 3.63) is 29.8 Å². The normalized spacial score (nSPS) is 14.3. The molecular weight excluding hydrogens is 404 g/mol. The van der Waals surface area contributed by atoms with Crippen LogP contribution in [-0.2, 0) is 23.1 Å². The quantitative estimate of drug-likeness (QED) is 0.597. The van der Waals surface area contributed by atoms with Crippen molar-refractivity contribution in [2.75, 3.05) is 44.0 Å². The van der Waals surface area contributed by atoms with Crippen molar-refractivity contribution in [3.63, 3.8) is 0 Å². The van der Waals surface area contributed by atoms with Crippen LogP contribution in [-0.4, -0.2) is 71.3 Å². The van der Waals surface area contributed by atoms with Gasteiger partial charge in [0.2, 0.25) is 11.9 Å². The number of rotatable bonds is 8. The number of halogens is 2. The zero-order chi connectivity index (χ0) is 20.8. The Labute approximate surface area is 171 Å². The first-order valence-corrected chi connectivity index (χ1v) is 10.0. The number of hydrogen-bond donors (Lipinski definition) is 0. The number of nitrogens with zero attached hydrogens (tertiary/aromatic N) is 5. The van der Waals surface area contributed by atoms with Crippen molar-refractivity contribution in [1.29, 1.82) is 0 Å². The van der Waals surface area contributed by atoms with Crippen molar-refractivity contribution < 1.29 is 23.0 Å². The summed E-state index contributed by atoms with van der Waals surface area (Å²) in [6.45, 7) is 0.360. The fourth-order valence-electron chi connectivity index (χ4n) is 2.85. The molecule has 0 spiro atoms. The average Bonchev–Trinajstić information content (AvgIpc) is 3.08. The van der Waals surface area contributed by atoms with Gasteiger partial charge in [0.15, 0.2) is 5.16 Å². The zero-order valence-electron chi connectivity index (χ0n) is 16.3. The second-order valence-corrected chi connectivity index (χ2v) is 7.44. The first-order chi connectivity index (χ1) is 13.9. The van der Waals surface area contributed by atoms with Crippen molar-refractivity contribution in [2.24, 2.45) is 7.05 Å². The Morgan fingerprint density at radius 3 is 2.62 bits per heavy atom. The van der Waals surface area contributed by atoms with Gasteiger partial charge in [-0.3, -0.25) is 9.36 Å². The van der Waals surface area contributed by atoms with E-state index in [0.717, 1.165) is 24.6 Å². The number of carbonyl (C=O) groups is 1. The Kier molecular flexibility index (Phi) is 7.26. The standard InChI is InChI=1S/C18H23F2N5O3S/c1-23(11-13-3-5-14(6-4-13)28-16(19)20)15(26)12-29-18-22-21-17(24(18)2)25-7-9-27-10-8-25/h3-6,16H,7-12H2,1-2H3. The van der Waals surface area contributed by atoms with Gasteiger partial charge in [0.1, 0.15) is 5.75 Å². The molecule has 0 radical (unpaired) electrons. The summed E-state index contributed by atoms with van der Waals surface area (Å²) in [5, 5.41) is 9.09. The number of thioether (sulfide) groups is 1. The number of hydrogen-bond acceptors (Lipinski definition) is 7. The summed E-state index contributed by atoms with van der Waals surface area (Å²) in [4.78, 5) is 16.1. The number of amides is 1. The molecule has 1 aliphatic heterocycles. The average molecular weight is 427 g/mol. The van der Waals surface area contributed by atoms with Gasteiger partial charge >= 0.3 is 6.61 Å². The lowest BCUT2D eigenvalue weighted by Gasteiger charge is -2.27. The van der Waals surface area contributed by atoms with Crippen LogP contribution in [0.1, 0.15) is 5.56 Å². The van der Waals surface area contributed by atoms with Crippen molar-refractivity contribution >= 4 is 23.6 Å². The van der Waals surface area contributed by atoms with Crippen molar-refractivity contribution in [2.45, 2.75) is 18.3 Å². The molecule has 2 aromatic rings. The maximum Gasteiger partial charge on any atom is 0.387 e. The summed E-state index contributed by atoms with van der Waals surface area (Å²) in [6, 6.07) is 6.24. The first kappa shape index (κ1) is 21.3. The molecule has 1 aromatic heterocycles. The number of benzene rings is 1. The fourth-order valence-corrected chi connectivity index (χ4v) is 3.69. The Balaban J connectivity index is 1.50. The highest BCUT2D eigenvalue weighted by Crippen LogP contribution is 2.22. The molecule has 0 N–H and O–H groups in total. The van der Waals surface area contributed by atoms with Gasteiger partial charge in [-0.15, -0.1) is 10.2 Å². The third-order valence-electron chi connectivity index (χ3n) is 4.42. The van der Waals surface area contributed by atoms with Crippen LogP contribution in [0.3, 0.4) is 0 Å². The van der Waals surface area contributed by atoms with E-state index in [0.29, 0.717) is 24.9 Å². The van der Waals surface area contributed by atoms with Crippen LogP contribution in [0, 0.1) is 0 Å². The van der Waals surface area contributed by atoms with Crippen LogP contribution < -0.4 is 9.64 Å². The van der Waals surface area contributed by atoms with Crippen molar-refractivity contribution in [3.8, 4) is 5.75 Å². The van der Waals surface area contributed by atoms with E-state index in [2.05, 4.69) is 19.8 Å². The van der Waals surface area contributed by atoms with Gasteiger partial charge in [-0.2, -0.15) is 8.78 Å². The number of ether oxygens (including phenoxy) is 2. The molecule has 0 saturated carbocycles. The highest BCUT2D eigenvalue weighted by molar-refractivity contribution is 7.99. The molecule has 158 valence electrons. The summed E-state index contributed by atoms with van der Waals surface area (Å²) >= 11 is 1.33. The molecule has 0 unspecified atom stereocenters. The number of morpholine rings is 1. The lowest BCUT2D eigenvalue weighted by molar-refractivity contribution is -0.127. The Hall–Kier alpha value is -2.40. The lowest BCUT2D eigenvalue weighted by Crippen LogP contribution is -2.37. The third kappa shape index (κ3) is 5.80. The van der Waals surface area contributed by atoms with Gasteiger partial charge in [-0.1, -0.05) is 23.9 Å². The molecule has 2 heterocycles. The van der Waals surface area contributed by atoms with Crippen LogP contribution in [0.5, 0.6) is 5.75 Å². The van der Waals surface area contributed by atoms with Gasteiger partial charge in [0.25, 0.3) is 0 Å². The van der Waals surface area contributed by atoms with E-state index >= 15 is 0 Å². The second-order valence-electron chi connectivity index (χ2n) is 6.50. The Morgan fingerprint density at radius 1 is 1.28 bits per heavy atom. The summed E-state index contributed by atoms with van der Waals surface area (Å²) in [6.07, 6.45) is 0. The predicted octanol–water partition coefficient (Wildman–Crippen LogP) is 2.00. The highest BCUT2D eigenvalue weighted by Gasteiger charge is 2.19. The minimum atomic E-state index is -2.86. The van der Waals surface area contributed by atoms with Gasteiger partial charge < -0.3 is 19.3 Å². The molecule has 11 heteroatoms. The largest absolute Gasteiger partial charge is 0.435 e. The summed E-state index contributed by atoms with van der Waals surface area (Å²) < 4.78 is 36.0. The maximum atomic E-state index is 12.4. The molecule has 1 amide bonds. The number of aromatic nitrogens is 3. The van der Waals surface area contributed by atoms with E-state index in [1.54, 1.807) is 24.1 Å². The third-order valence-corrected chi connectivity index (χ3v) is 5.43. The van der Waals surface area contributed by atoms with E-state index in [-0.39, 0.29) is 17.4 Å². The minimum Gasteiger partial charge on any atom is -0.435 e. The highest BCUT2D eigenvalue weighted by atomic mass is 32.2. The van der Waals surface area contributed by atoms with Gasteiger partial charge in [0.05, 0.1) is 19.0 Å². The van der Waals surface area contributed by atoms with E-state index in [1.807, 2.05) is 11.6 Å². The summed E-state index contributed by atoms with van der Waals surface area (Å²) in [5.41, 5.74) is 0.820. The molecule has 0 aliphatic carbocycles. The number of alkyl halides is 2. The molecular formula is C18H23F2N5O3S. The van der Waals surface area contributed by atoms with E-state index in [9.17, 15) is 13.6 Å². The van der Waals surface area contributed by atoms with E-state index < -0.39 is 6.61 Å². The van der Waals surface area contributed by atoms with Gasteiger partial charge in [-0.25, -0.2) is 0 Å². The fraction of sp³-hybridized carbons (Fsp3) is 0.500. The molecule has 1 aliphatic rings. The van der Waals surface area contributed by atoms with E-state index in [4.69, 9.17) is 4.74 Å². The molecule has 29 heavy (non-hydrogen) atoms. The SMILES string of the molecule is CN(Cc1ccc(OC(F)F)cc1)C(=O)CSc1nnc(N2CCOCC2)n1C. The molecule has 1 saturated heterocycles. The second kappa shape index (κ2) is 9.88. The molecule has 0 bridgehead atoms. The van der Waals surface area contributed by atoms with E-state index in [1.165, 1.54) is 23.9 Å². The van der Waals surface area contributed by atoms with Crippen molar-refractivity contribution in [1.82, 2.24) is 19.7 Å². The first-order valence-electron chi connectivity index (χ1n) is 9.06. The Bertz CT molecular complexity index is 812. The molecule has 1 fully saturated rings. The molecule has 3 rings (SSSR count). The monoisotopic (exact) mass is 427 g/mol. The topological polar surface area (TPSA) is 72.7 Å². The van der Waals surface area contributed by atoms with Gasteiger partial charge in [-0.05, 0) is 17.7 Å². The molecule has 1 aromatic carbocycles.